The maximum Gasteiger partial charge on any atom is 0.254 e. The standard InChI is InChI=1S/C20H21F2N7O/c1-12(2)28-16-7-17(25-11-15(16)19(30)24-5-4-20(3,21)22)29-18-14(10-27-29)6-13(8-23)9-26-18/h6-7,9-12H,4-5H2,1-3H3,(H,24,30)(H,25,28). The van der Waals surface area contributed by atoms with Crippen molar-refractivity contribution in [2.24, 2.45) is 0 Å². The Bertz CT molecular complexity index is 1110. The fourth-order valence-corrected chi connectivity index (χ4v) is 2.81. The van der Waals surface area contributed by atoms with Gasteiger partial charge in [0.25, 0.3) is 5.91 Å². The molecule has 3 heterocycles. The molecule has 0 bridgehead atoms. The fraction of sp³-hybridized carbons (Fsp3) is 0.350. The highest BCUT2D eigenvalue weighted by molar-refractivity contribution is 5.99. The van der Waals surface area contributed by atoms with E-state index in [0.717, 1.165) is 6.92 Å². The second kappa shape index (κ2) is 8.41. The molecule has 156 valence electrons. The van der Waals surface area contributed by atoms with Crippen molar-refractivity contribution in [2.75, 3.05) is 11.9 Å². The van der Waals surface area contributed by atoms with Crippen LogP contribution < -0.4 is 10.6 Å². The molecule has 30 heavy (non-hydrogen) atoms. The van der Waals surface area contributed by atoms with Crippen LogP contribution in [0, 0.1) is 11.3 Å². The average Bonchev–Trinajstić information content (AvgIpc) is 3.09. The molecule has 0 aliphatic heterocycles. The Hall–Kier alpha value is -3.61. The van der Waals surface area contributed by atoms with E-state index < -0.39 is 18.3 Å². The molecule has 3 aromatic rings. The third-order valence-corrected chi connectivity index (χ3v) is 4.18. The quantitative estimate of drug-likeness (QED) is 0.615. The summed E-state index contributed by atoms with van der Waals surface area (Å²) in [6, 6.07) is 5.36. The Morgan fingerprint density at radius 2 is 2.03 bits per heavy atom. The van der Waals surface area contributed by atoms with Crippen LogP contribution in [0.25, 0.3) is 16.9 Å². The van der Waals surface area contributed by atoms with E-state index in [1.807, 2.05) is 19.9 Å². The number of anilines is 1. The summed E-state index contributed by atoms with van der Waals surface area (Å²) < 4.78 is 27.5. The summed E-state index contributed by atoms with van der Waals surface area (Å²) in [5.41, 5.74) is 1.66. The van der Waals surface area contributed by atoms with Crippen molar-refractivity contribution >= 4 is 22.6 Å². The number of carbonyl (C=O) groups is 1. The molecular weight excluding hydrogens is 392 g/mol. The Balaban J connectivity index is 1.93. The van der Waals surface area contributed by atoms with Crippen molar-refractivity contribution in [1.82, 2.24) is 25.1 Å². The molecule has 0 aliphatic rings. The van der Waals surface area contributed by atoms with Gasteiger partial charge in [-0.2, -0.15) is 15.0 Å². The van der Waals surface area contributed by atoms with Crippen LogP contribution in [0.4, 0.5) is 14.5 Å². The Labute approximate surface area is 171 Å². The normalized spacial score (nSPS) is 11.5. The SMILES string of the molecule is CC(C)Nc1cc(-n2ncc3cc(C#N)cnc32)ncc1C(=O)NCCC(C)(F)F. The minimum absolute atomic E-state index is 0.0115. The van der Waals surface area contributed by atoms with Gasteiger partial charge >= 0.3 is 0 Å². The molecule has 0 aliphatic carbocycles. The molecule has 0 fully saturated rings. The van der Waals surface area contributed by atoms with E-state index in [4.69, 9.17) is 5.26 Å². The summed E-state index contributed by atoms with van der Waals surface area (Å²) >= 11 is 0. The molecule has 0 saturated carbocycles. The number of amides is 1. The van der Waals surface area contributed by atoms with E-state index in [-0.39, 0.29) is 18.2 Å². The number of carbonyl (C=O) groups excluding carboxylic acids is 1. The Morgan fingerprint density at radius 1 is 1.27 bits per heavy atom. The van der Waals surface area contributed by atoms with Gasteiger partial charge < -0.3 is 10.6 Å². The highest BCUT2D eigenvalue weighted by Gasteiger charge is 2.22. The smallest absolute Gasteiger partial charge is 0.254 e. The first-order valence-corrected chi connectivity index (χ1v) is 9.35. The van der Waals surface area contributed by atoms with E-state index in [2.05, 4.69) is 25.7 Å². The van der Waals surface area contributed by atoms with Crippen LogP contribution in [0.15, 0.2) is 30.7 Å². The van der Waals surface area contributed by atoms with E-state index in [1.54, 1.807) is 18.3 Å². The van der Waals surface area contributed by atoms with Gasteiger partial charge in [-0.05, 0) is 26.8 Å². The van der Waals surface area contributed by atoms with Crippen LogP contribution in [0.2, 0.25) is 0 Å². The third-order valence-electron chi connectivity index (χ3n) is 4.18. The van der Waals surface area contributed by atoms with E-state index in [9.17, 15) is 13.6 Å². The summed E-state index contributed by atoms with van der Waals surface area (Å²) in [7, 11) is 0. The van der Waals surface area contributed by atoms with Crippen molar-refractivity contribution in [2.45, 2.75) is 39.2 Å². The van der Waals surface area contributed by atoms with Crippen molar-refractivity contribution in [3.63, 3.8) is 0 Å². The van der Waals surface area contributed by atoms with Crippen molar-refractivity contribution < 1.29 is 13.6 Å². The summed E-state index contributed by atoms with van der Waals surface area (Å²) in [5, 5.41) is 19.7. The van der Waals surface area contributed by atoms with Gasteiger partial charge in [-0.25, -0.2) is 18.7 Å². The first kappa shape index (κ1) is 21.1. The van der Waals surface area contributed by atoms with Gasteiger partial charge in [0.1, 0.15) is 6.07 Å². The lowest BCUT2D eigenvalue weighted by atomic mass is 10.2. The molecule has 3 aromatic heterocycles. The first-order valence-electron chi connectivity index (χ1n) is 9.35. The summed E-state index contributed by atoms with van der Waals surface area (Å²) in [6.45, 7) is 4.48. The number of nitrogens with zero attached hydrogens (tertiary/aromatic N) is 5. The van der Waals surface area contributed by atoms with E-state index in [1.165, 1.54) is 17.1 Å². The number of hydrogen-bond donors (Lipinski definition) is 2. The zero-order valence-electron chi connectivity index (χ0n) is 16.8. The van der Waals surface area contributed by atoms with Crippen LogP contribution in [0.3, 0.4) is 0 Å². The summed E-state index contributed by atoms with van der Waals surface area (Å²) in [4.78, 5) is 21.1. The summed E-state index contributed by atoms with van der Waals surface area (Å²) in [5.74, 6) is -2.93. The molecule has 8 nitrogen and oxygen atoms in total. The highest BCUT2D eigenvalue weighted by atomic mass is 19.3. The van der Waals surface area contributed by atoms with Gasteiger partial charge in [-0.3, -0.25) is 4.79 Å². The van der Waals surface area contributed by atoms with E-state index >= 15 is 0 Å². The molecule has 2 N–H and O–H groups in total. The topological polar surface area (TPSA) is 109 Å². The lowest BCUT2D eigenvalue weighted by molar-refractivity contribution is 0.0137. The second-order valence-electron chi connectivity index (χ2n) is 7.27. The number of aromatic nitrogens is 4. The van der Waals surface area contributed by atoms with Crippen molar-refractivity contribution in [3.05, 3.63) is 41.9 Å². The van der Waals surface area contributed by atoms with Crippen LogP contribution in [-0.4, -0.2) is 44.2 Å². The molecule has 0 unspecified atom stereocenters. The average molecular weight is 413 g/mol. The fourth-order valence-electron chi connectivity index (χ4n) is 2.81. The van der Waals surface area contributed by atoms with E-state index in [0.29, 0.717) is 28.1 Å². The van der Waals surface area contributed by atoms with Gasteiger partial charge in [0.05, 0.1) is 23.0 Å². The molecule has 0 aromatic carbocycles. The molecule has 10 heteroatoms. The van der Waals surface area contributed by atoms with Gasteiger partial charge in [-0.15, -0.1) is 0 Å². The number of nitriles is 1. The Morgan fingerprint density at radius 3 is 2.70 bits per heavy atom. The number of alkyl halides is 2. The lowest BCUT2D eigenvalue weighted by Gasteiger charge is -2.16. The van der Waals surface area contributed by atoms with Gasteiger partial charge in [-0.1, -0.05) is 0 Å². The molecule has 0 spiro atoms. The monoisotopic (exact) mass is 413 g/mol. The van der Waals surface area contributed by atoms with Crippen LogP contribution >= 0.6 is 0 Å². The zero-order chi connectivity index (χ0) is 21.9. The first-order chi connectivity index (χ1) is 14.2. The van der Waals surface area contributed by atoms with Gasteiger partial charge in [0.2, 0.25) is 5.92 Å². The molecule has 3 rings (SSSR count). The van der Waals surface area contributed by atoms with Gasteiger partial charge in [0.15, 0.2) is 11.5 Å². The van der Waals surface area contributed by atoms with Crippen molar-refractivity contribution in [3.8, 4) is 11.9 Å². The van der Waals surface area contributed by atoms with Crippen LogP contribution in [-0.2, 0) is 0 Å². The third kappa shape index (κ3) is 4.86. The molecule has 0 radical (unpaired) electrons. The summed E-state index contributed by atoms with van der Waals surface area (Å²) in [6.07, 6.45) is 3.94. The number of pyridine rings is 2. The predicted octanol–water partition coefficient (Wildman–Crippen LogP) is 3.28. The molecule has 0 atom stereocenters. The largest absolute Gasteiger partial charge is 0.382 e. The van der Waals surface area contributed by atoms with Crippen LogP contribution in [0.5, 0.6) is 0 Å². The maximum atomic E-state index is 13.0. The number of halogens is 2. The van der Waals surface area contributed by atoms with Crippen molar-refractivity contribution in [1.29, 1.82) is 5.26 Å². The van der Waals surface area contributed by atoms with Gasteiger partial charge in [0, 0.05) is 42.9 Å². The lowest BCUT2D eigenvalue weighted by Crippen LogP contribution is -2.29. The minimum Gasteiger partial charge on any atom is -0.382 e. The number of nitrogens with one attached hydrogen (secondary N) is 2. The second-order valence-corrected chi connectivity index (χ2v) is 7.27. The highest BCUT2D eigenvalue weighted by Crippen LogP contribution is 2.22. The maximum absolute atomic E-state index is 13.0. The molecule has 0 saturated heterocycles. The van der Waals surface area contributed by atoms with Crippen LogP contribution in [0.1, 0.15) is 43.1 Å². The minimum atomic E-state index is -2.85. The number of fused-ring (bicyclic) bond motifs is 1. The Kier molecular flexibility index (Phi) is 5.91. The zero-order valence-corrected chi connectivity index (χ0v) is 16.8. The molecule has 1 amide bonds. The molecular formula is C20H21F2N7O. The number of rotatable bonds is 7. The number of hydrogen-bond acceptors (Lipinski definition) is 6. The predicted molar refractivity (Wildman–Crippen MR) is 108 cm³/mol.